The van der Waals surface area contributed by atoms with Gasteiger partial charge in [-0.25, -0.2) is 4.68 Å². The van der Waals surface area contributed by atoms with E-state index in [0.29, 0.717) is 12.3 Å². The van der Waals surface area contributed by atoms with Gasteiger partial charge in [0.15, 0.2) is 0 Å². The summed E-state index contributed by atoms with van der Waals surface area (Å²) in [5.74, 6) is 1.22. The summed E-state index contributed by atoms with van der Waals surface area (Å²) in [6.45, 7) is 3.84. The fourth-order valence-corrected chi connectivity index (χ4v) is 4.67. The van der Waals surface area contributed by atoms with Crippen LogP contribution in [0.1, 0.15) is 19.3 Å². The average Bonchev–Trinajstić information content (AvgIpc) is 3.39. The highest BCUT2D eigenvalue weighted by atomic mass is 19.4. The molecule has 1 aliphatic heterocycles. The molecule has 1 aliphatic rings. The monoisotopic (exact) mass is 537 g/mol. The van der Waals surface area contributed by atoms with Gasteiger partial charge < -0.3 is 14.2 Å². The summed E-state index contributed by atoms with van der Waals surface area (Å²) < 4.78 is 54.8. The molecule has 6 nitrogen and oxygen atoms in total. The van der Waals surface area contributed by atoms with Gasteiger partial charge in [-0.15, -0.1) is 13.2 Å². The zero-order valence-electron chi connectivity index (χ0n) is 21.7. The van der Waals surface area contributed by atoms with Crippen molar-refractivity contribution in [3.8, 4) is 45.5 Å². The van der Waals surface area contributed by atoms with Crippen molar-refractivity contribution in [3.05, 3.63) is 78.9 Å². The summed E-state index contributed by atoms with van der Waals surface area (Å²) in [6.07, 6.45) is -0.929. The summed E-state index contributed by atoms with van der Waals surface area (Å²) >= 11 is 0. The van der Waals surface area contributed by atoms with Gasteiger partial charge in [-0.2, -0.15) is 5.10 Å². The third-order valence-corrected chi connectivity index (χ3v) is 6.69. The SMILES string of the molecule is COc1ccc(-c2cc(-c3ccc(OCCN4CCCCC4)cc3)nn2-c2ccc(OC(F)(F)F)cc2)cc1. The van der Waals surface area contributed by atoms with Crippen LogP contribution < -0.4 is 14.2 Å². The predicted molar refractivity (Wildman–Crippen MR) is 143 cm³/mol. The normalized spacial score (nSPS) is 14.3. The Balaban J connectivity index is 1.38. The fourth-order valence-electron chi connectivity index (χ4n) is 4.67. The number of likely N-dealkylation sites (tertiary alicyclic amines) is 1. The lowest BCUT2D eigenvalue weighted by Gasteiger charge is -2.26. The molecule has 0 aliphatic carbocycles. The van der Waals surface area contributed by atoms with E-state index in [0.717, 1.165) is 53.6 Å². The Labute approximate surface area is 225 Å². The van der Waals surface area contributed by atoms with Crippen LogP contribution in [0.3, 0.4) is 0 Å². The molecule has 5 rings (SSSR count). The van der Waals surface area contributed by atoms with Gasteiger partial charge >= 0.3 is 6.36 Å². The maximum absolute atomic E-state index is 12.6. The Kier molecular flexibility index (Phi) is 8.07. The van der Waals surface area contributed by atoms with Gasteiger partial charge in [0.05, 0.1) is 24.2 Å². The number of benzene rings is 3. The van der Waals surface area contributed by atoms with Gasteiger partial charge in [0, 0.05) is 17.7 Å². The van der Waals surface area contributed by atoms with Crippen LogP contribution in [0.25, 0.3) is 28.2 Å². The van der Waals surface area contributed by atoms with Gasteiger partial charge in [0.25, 0.3) is 0 Å². The summed E-state index contributed by atoms with van der Waals surface area (Å²) in [4.78, 5) is 2.44. The van der Waals surface area contributed by atoms with Crippen LogP contribution in [0.5, 0.6) is 17.2 Å². The molecular formula is C30H30F3N3O3. The van der Waals surface area contributed by atoms with E-state index in [-0.39, 0.29) is 5.75 Å². The number of hydrogen-bond donors (Lipinski definition) is 0. The number of halogens is 3. The Morgan fingerprint density at radius 3 is 2.03 bits per heavy atom. The maximum atomic E-state index is 12.6. The zero-order valence-corrected chi connectivity index (χ0v) is 21.7. The molecule has 0 N–H and O–H groups in total. The zero-order chi connectivity index (χ0) is 27.2. The first kappa shape index (κ1) is 26.6. The molecule has 9 heteroatoms. The van der Waals surface area contributed by atoms with Crippen molar-refractivity contribution in [3.63, 3.8) is 0 Å². The van der Waals surface area contributed by atoms with Crippen LogP contribution in [-0.2, 0) is 0 Å². The van der Waals surface area contributed by atoms with Crippen LogP contribution in [-0.4, -0.2) is 54.4 Å². The molecule has 1 saturated heterocycles. The molecule has 0 amide bonds. The lowest BCUT2D eigenvalue weighted by Crippen LogP contribution is -2.33. The molecule has 4 aromatic rings. The van der Waals surface area contributed by atoms with Crippen molar-refractivity contribution in [2.24, 2.45) is 0 Å². The second-order valence-electron chi connectivity index (χ2n) is 9.37. The predicted octanol–water partition coefficient (Wildman–Crippen LogP) is 6.98. The number of hydrogen-bond acceptors (Lipinski definition) is 5. The molecule has 1 aromatic heterocycles. The maximum Gasteiger partial charge on any atom is 0.573 e. The van der Waals surface area contributed by atoms with Crippen LogP contribution in [0, 0.1) is 0 Å². The number of methoxy groups -OCH3 is 1. The molecule has 0 atom stereocenters. The van der Waals surface area contributed by atoms with E-state index < -0.39 is 6.36 Å². The molecule has 39 heavy (non-hydrogen) atoms. The van der Waals surface area contributed by atoms with Crippen LogP contribution >= 0.6 is 0 Å². The molecule has 0 unspecified atom stereocenters. The quantitative estimate of drug-likeness (QED) is 0.231. The second-order valence-corrected chi connectivity index (χ2v) is 9.37. The molecule has 1 fully saturated rings. The third kappa shape index (κ3) is 6.92. The number of rotatable bonds is 9. The van der Waals surface area contributed by atoms with Gasteiger partial charge in [-0.3, -0.25) is 4.90 Å². The minimum atomic E-state index is -4.75. The Morgan fingerprint density at radius 1 is 0.769 bits per heavy atom. The Hall–Kier alpha value is -3.98. The van der Waals surface area contributed by atoms with Gasteiger partial charge in [0.1, 0.15) is 23.9 Å². The minimum absolute atomic E-state index is 0.291. The topological polar surface area (TPSA) is 48.8 Å². The minimum Gasteiger partial charge on any atom is -0.497 e. The molecule has 0 spiro atoms. The van der Waals surface area contributed by atoms with Crippen molar-refractivity contribution < 1.29 is 27.4 Å². The second kappa shape index (κ2) is 11.8. The third-order valence-electron chi connectivity index (χ3n) is 6.69. The van der Waals surface area contributed by atoms with Crippen LogP contribution in [0.4, 0.5) is 13.2 Å². The van der Waals surface area contributed by atoms with E-state index >= 15 is 0 Å². The summed E-state index contributed by atoms with van der Waals surface area (Å²) in [6, 6.07) is 22.9. The number of alkyl halides is 3. The summed E-state index contributed by atoms with van der Waals surface area (Å²) in [5.41, 5.74) is 3.86. The highest BCUT2D eigenvalue weighted by molar-refractivity contribution is 5.71. The van der Waals surface area contributed by atoms with Crippen molar-refractivity contribution >= 4 is 0 Å². The summed E-state index contributed by atoms with van der Waals surface area (Å²) in [7, 11) is 1.60. The molecule has 0 saturated carbocycles. The summed E-state index contributed by atoms with van der Waals surface area (Å²) in [5, 5.41) is 4.80. The number of nitrogens with zero attached hydrogens (tertiary/aromatic N) is 3. The Bertz CT molecular complexity index is 1350. The molecular weight excluding hydrogens is 507 g/mol. The molecule has 204 valence electrons. The van der Waals surface area contributed by atoms with E-state index in [9.17, 15) is 13.2 Å². The highest BCUT2D eigenvalue weighted by Gasteiger charge is 2.31. The lowest BCUT2D eigenvalue weighted by molar-refractivity contribution is -0.274. The number of ether oxygens (including phenoxy) is 3. The first-order valence-corrected chi connectivity index (χ1v) is 12.9. The molecule has 0 bridgehead atoms. The van der Waals surface area contributed by atoms with E-state index in [1.54, 1.807) is 23.9 Å². The number of piperidine rings is 1. The fraction of sp³-hybridized carbons (Fsp3) is 0.300. The van der Waals surface area contributed by atoms with Crippen molar-refractivity contribution in [1.29, 1.82) is 0 Å². The Morgan fingerprint density at radius 2 is 1.38 bits per heavy atom. The first-order valence-electron chi connectivity index (χ1n) is 12.9. The van der Waals surface area contributed by atoms with E-state index in [4.69, 9.17) is 14.6 Å². The molecule has 2 heterocycles. The van der Waals surface area contributed by atoms with E-state index in [1.165, 1.54) is 31.4 Å². The average molecular weight is 538 g/mol. The first-order chi connectivity index (χ1) is 18.9. The van der Waals surface area contributed by atoms with Crippen molar-refractivity contribution in [2.45, 2.75) is 25.6 Å². The van der Waals surface area contributed by atoms with E-state index in [1.807, 2.05) is 54.6 Å². The van der Waals surface area contributed by atoms with Gasteiger partial charge in [-0.05, 0) is 105 Å². The van der Waals surface area contributed by atoms with Crippen molar-refractivity contribution in [1.82, 2.24) is 14.7 Å². The van der Waals surface area contributed by atoms with Crippen LogP contribution in [0.15, 0.2) is 78.9 Å². The largest absolute Gasteiger partial charge is 0.573 e. The van der Waals surface area contributed by atoms with Crippen molar-refractivity contribution in [2.75, 3.05) is 33.4 Å². The molecule has 3 aromatic carbocycles. The van der Waals surface area contributed by atoms with Crippen LogP contribution in [0.2, 0.25) is 0 Å². The van der Waals surface area contributed by atoms with Gasteiger partial charge in [0.2, 0.25) is 0 Å². The molecule has 0 radical (unpaired) electrons. The van der Waals surface area contributed by atoms with E-state index in [2.05, 4.69) is 9.64 Å². The number of aromatic nitrogens is 2. The lowest BCUT2D eigenvalue weighted by atomic mass is 10.1. The standard InChI is InChI=1S/C30H30F3N3O3/c1-37-25-11-7-23(8-12-25)29-21-28(34-36(29)24-9-15-27(16-10-24)39-30(31,32)33)22-5-13-26(14-6-22)38-20-19-35-17-3-2-4-18-35/h5-16,21H,2-4,17-20H2,1H3. The highest BCUT2D eigenvalue weighted by Crippen LogP contribution is 2.32. The van der Waals surface area contributed by atoms with Gasteiger partial charge in [-0.1, -0.05) is 6.42 Å². The smallest absolute Gasteiger partial charge is 0.497 e.